The molecule has 3 aromatic carbocycles. The van der Waals surface area contributed by atoms with E-state index < -0.39 is 18.1 Å². The molecule has 3 aromatic rings. The van der Waals surface area contributed by atoms with Gasteiger partial charge in [-0.05, 0) is 34.2 Å². The van der Waals surface area contributed by atoms with E-state index >= 15 is 0 Å². The predicted octanol–water partition coefficient (Wildman–Crippen LogP) is 5.47. The van der Waals surface area contributed by atoms with Crippen LogP contribution in [0.1, 0.15) is 35.4 Å². The maximum absolute atomic E-state index is 12.5. The van der Waals surface area contributed by atoms with E-state index in [1.807, 2.05) is 66.7 Å². The van der Waals surface area contributed by atoms with Crippen LogP contribution in [-0.2, 0) is 9.53 Å². The van der Waals surface area contributed by atoms with E-state index in [1.165, 1.54) is 0 Å². The molecule has 0 spiro atoms. The van der Waals surface area contributed by atoms with Crippen LogP contribution in [0, 0.1) is 0 Å². The Morgan fingerprint density at radius 1 is 0.906 bits per heavy atom. The molecule has 0 saturated heterocycles. The number of fused-ring (bicyclic) bond motifs is 3. The number of benzene rings is 3. The number of carboxylic acids is 1. The molecule has 0 fully saturated rings. The lowest BCUT2D eigenvalue weighted by Crippen LogP contribution is -2.37. The first-order valence-corrected chi connectivity index (χ1v) is 10.7. The van der Waals surface area contributed by atoms with Crippen molar-refractivity contribution < 1.29 is 19.4 Å². The molecule has 1 aliphatic rings. The van der Waals surface area contributed by atoms with Crippen molar-refractivity contribution in [3.05, 3.63) is 102 Å². The second kappa shape index (κ2) is 9.96. The summed E-state index contributed by atoms with van der Waals surface area (Å²) in [5.41, 5.74) is 5.60. The fourth-order valence-corrected chi connectivity index (χ4v) is 4.14. The zero-order chi connectivity index (χ0) is 22.3. The minimum absolute atomic E-state index is 0.0379. The summed E-state index contributed by atoms with van der Waals surface area (Å²) in [5, 5.41) is 11.9. The van der Waals surface area contributed by atoms with Gasteiger partial charge in [0.2, 0.25) is 0 Å². The van der Waals surface area contributed by atoms with Gasteiger partial charge in [0, 0.05) is 12.0 Å². The zero-order valence-corrected chi connectivity index (χ0v) is 17.6. The molecule has 4 rings (SSSR count). The van der Waals surface area contributed by atoms with Crippen LogP contribution in [0.25, 0.3) is 17.2 Å². The Bertz CT molecular complexity index is 1080. The first-order valence-electron chi connectivity index (χ1n) is 10.7. The lowest BCUT2D eigenvalue weighted by Gasteiger charge is -2.18. The fraction of sp³-hybridized carbons (Fsp3) is 0.185. The standard InChI is InChI=1S/C27H25NO4/c29-26(30)17-20(12-8-11-19-9-2-1-3-10-19)28-27(31)32-18-25-23-15-6-4-13-21(23)22-14-5-7-16-24(22)25/h1-11,13-16,20,25H,12,17-18H2,(H,28,31)(H,29,30)/b11-8+/t20-/m1/s1. The van der Waals surface area contributed by atoms with E-state index in [0.717, 1.165) is 27.8 Å². The van der Waals surface area contributed by atoms with Gasteiger partial charge >= 0.3 is 12.1 Å². The van der Waals surface area contributed by atoms with Crippen molar-refractivity contribution in [2.24, 2.45) is 0 Å². The van der Waals surface area contributed by atoms with Crippen LogP contribution in [0.5, 0.6) is 0 Å². The molecule has 0 aliphatic heterocycles. The summed E-state index contributed by atoms with van der Waals surface area (Å²) in [6.07, 6.45) is 3.39. The minimum atomic E-state index is -0.970. The topological polar surface area (TPSA) is 75.6 Å². The summed E-state index contributed by atoms with van der Waals surface area (Å²) in [5.74, 6) is -1.01. The lowest BCUT2D eigenvalue weighted by atomic mass is 9.98. The molecule has 0 unspecified atom stereocenters. The maximum Gasteiger partial charge on any atom is 0.407 e. The van der Waals surface area contributed by atoms with Crippen molar-refractivity contribution in [3.63, 3.8) is 0 Å². The number of aliphatic carboxylic acids is 1. The number of ether oxygens (including phenoxy) is 1. The molecule has 1 amide bonds. The number of carbonyl (C=O) groups is 2. The van der Waals surface area contributed by atoms with Crippen LogP contribution < -0.4 is 5.32 Å². The quantitative estimate of drug-likeness (QED) is 0.500. The number of carboxylic acid groups (broad SMARTS) is 1. The SMILES string of the molecule is O=C(O)C[C@@H](C/C=C/c1ccccc1)NC(=O)OCC1c2ccccc2-c2ccccc21. The highest BCUT2D eigenvalue weighted by atomic mass is 16.5. The third kappa shape index (κ3) is 5.06. The maximum atomic E-state index is 12.5. The highest BCUT2D eigenvalue weighted by Gasteiger charge is 2.29. The average Bonchev–Trinajstić information content (AvgIpc) is 3.12. The summed E-state index contributed by atoms with van der Waals surface area (Å²) in [7, 11) is 0. The minimum Gasteiger partial charge on any atom is -0.481 e. The Morgan fingerprint density at radius 3 is 2.12 bits per heavy atom. The first kappa shape index (κ1) is 21.4. The predicted molar refractivity (Wildman–Crippen MR) is 124 cm³/mol. The number of rotatable bonds is 8. The summed E-state index contributed by atoms with van der Waals surface area (Å²) in [6, 6.07) is 25.4. The molecular weight excluding hydrogens is 402 g/mol. The smallest absolute Gasteiger partial charge is 0.407 e. The molecule has 0 heterocycles. The first-order chi connectivity index (χ1) is 15.6. The molecule has 162 valence electrons. The molecule has 0 radical (unpaired) electrons. The third-order valence-corrected chi connectivity index (χ3v) is 5.62. The van der Waals surface area contributed by atoms with Crippen LogP contribution in [0.2, 0.25) is 0 Å². The summed E-state index contributed by atoms with van der Waals surface area (Å²) in [6.45, 7) is 0.194. The molecule has 2 N–H and O–H groups in total. The van der Waals surface area contributed by atoms with Crippen molar-refractivity contribution in [2.45, 2.75) is 24.8 Å². The number of amides is 1. The van der Waals surface area contributed by atoms with Gasteiger partial charge < -0.3 is 15.2 Å². The van der Waals surface area contributed by atoms with Gasteiger partial charge in [-0.3, -0.25) is 4.79 Å². The molecule has 5 heteroatoms. The zero-order valence-electron chi connectivity index (χ0n) is 17.6. The van der Waals surface area contributed by atoms with E-state index in [1.54, 1.807) is 0 Å². The lowest BCUT2D eigenvalue weighted by molar-refractivity contribution is -0.137. The Kier molecular flexibility index (Phi) is 6.66. The normalized spacial score (nSPS) is 13.4. The van der Waals surface area contributed by atoms with Crippen LogP contribution in [0.3, 0.4) is 0 Å². The van der Waals surface area contributed by atoms with Crippen molar-refractivity contribution in [1.29, 1.82) is 0 Å². The van der Waals surface area contributed by atoms with Crippen LogP contribution in [0.4, 0.5) is 4.79 Å². The van der Waals surface area contributed by atoms with Crippen LogP contribution in [0.15, 0.2) is 84.9 Å². The second-order valence-electron chi connectivity index (χ2n) is 7.81. The highest BCUT2D eigenvalue weighted by molar-refractivity contribution is 5.79. The van der Waals surface area contributed by atoms with E-state index in [4.69, 9.17) is 4.74 Å². The third-order valence-electron chi connectivity index (χ3n) is 5.62. The number of carbonyl (C=O) groups excluding carboxylic acids is 1. The van der Waals surface area contributed by atoms with E-state index in [-0.39, 0.29) is 18.9 Å². The Morgan fingerprint density at radius 2 is 1.50 bits per heavy atom. The summed E-state index contributed by atoms with van der Waals surface area (Å²) >= 11 is 0. The number of alkyl carbamates (subject to hydrolysis) is 1. The summed E-state index contributed by atoms with van der Waals surface area (Å²) < 4.78 is 5.55. The van der Waals surface area contributed by atoms with Crippen molar-refractivity contribution in [3.8, 4) is 11.1 Å². The molecular formula is C27H25NO4. The molecule has 32 heavy (non-hydrogen) atoms. The largest absolute Gasteiger partial charge is 0.481 e. The molecule has 0 aromatic heterocycles. The van der Waals surface area contributed by atoms with Gasteiger partial charge in [-0.15, -0.1) is 0 Å². The van der Waals surface area contributed by atoms with Gasteiger partial charge in [0.15, 0.2) is 0 Å². The van der Waals surface area contributed by atoms with E-state index in [9.17, 15) is 14.7 Å². The van der Waals surface area contributed by atoms with Gasteiger partial charge in [-0.25, -0.2) is 4.79 Å². The van der Waals surface area contributed by atoms with E-state index in [0.29, 0.717) is 6.42 Å². The van der Waals surface area contributed by atoms with Gasteiger partial charge in [0.25, 0.3) is 0 Å². The van der Waals surface area contributed by atoms with Crippen LogP contribution in [-0.4, -0.2) is 29.8 Å². The van der Waals surface area contributed by atoms with Gasteiger partial charge in [0.1, 0.15) is 6.61 Å². The molecule has 1 aliphatic carbocycles. The van der Waals surface area contributed by atoms with Gasteiger partial charge in [-0.2, -0.15) is 0 Å². The second-order valence-corrected chi connectivity index (χ2v) is 7.81. The molecule has 1 atom stereocenters. The number of nitrogens with one attached hydrogen (secondary N) is 1. The van der Waals surface area contributed by atoms with Crippen molar-refractivity contribution in [1.82, 2.24) is 5.32 Å². The average molecular weight is 428 g/mol. The van der Waals surface area contributed by atoms with E-state index in [2.05, 4.69) is 29.6 Å². The van der Waals surface area contributed by atoms with Gasteiger partial charge in [-0.1, -0.05) is 91.0 Å². The summed E-state index contributed by atoms with van der Waals surface area (Å²) in [4.78, 5) is 23.7. The molecule has 0 bridgehead atoms. The van der Waals surface area contributed by atoms with Crippen molar-refractivity contribution >= 4 is 18.1 Å². The Hall–Kier alpha value is -3.86. The van der Waals surface area contributed by atoms with Crippen molar-refractivity contribution in [2.75, 3.05) is 6.61 Å². The van der Waals surface area contributed by atoms with Crippen LogP contribution >= 0.6 is 0 Å². The Labute approximate surface area is 187 Å². The fourth-order valence-electron chi connectivity index (χ4n) is 4.14. The monoisotopic (exact) mass is 427 g/mol. The van der Waals surface area contributed by atoms with Gasteiger partial charge in [0.05, 0.1) is 6.42 Å². The Balaban J connectivity index is 1.38. The highest BCUT2D eigenvalue weighted by Crippen LogP contribution is 2.44. The number of hydrogen-bond acceptors (Lipinski definition) is 3. The molecule has 5 nitrogen and oxygen atoms in total. The number of hydrogen-bond donors (Lipinski definition) is 2. The molecule has 0 saturated carbocycles.